The summed E-state index contributed by atoms with van der Waals surface area (Å²) in [4.78, 5) is 2.55. The van der Waals surface area contributed by atoms with Crippen molar-refractivity contribution in [2.45, 2.75) is 39.2 Å². The van der Waals surface area contributed by atoms with Crippen molar-refractivity contribution in [3.63, 3.8) is 0 Å². The summed E-state index contributed by atoms with van der Waals surface area (Å²) in [5.74, 6) is 0.946. The van der Waals surface area contributed by atoms with Crippen molar-refractivity contribution in [3.05, 3.63) is 35.4 Å². The van der Waals surface area contributed by atoms with Gasteiger partial charge in [0.15, 0.2) is 0 Å². The maximum Gasteiger partial charge on any atom is 0.0424 e. The second kappa shape index (κ2) is 6.35. The van der Waals surface area contributed by atoms with E-state index in [4.69, 9.17) is 5.73 Å². The van der Waals surface area contributed by atoms with Crippen molar-refractivity contribution in [2.24, 2.45) is 11.7 Å². The fourth-order valence-corrected chi connectivity index (χ4v) is 2.52. The van der Waals surface area contributed by atoms with Crippen molar-refractivity contribution < 1.29 is 0 Å². The van der Waals surface area contributed by atoms with E-state index in [0.717, 1.165) is 12.5 Å². The van der Waals surface area contributed by atoms with Crippen molar-refractivity contribution in [1.29, 1.82) is 0 Å². The molecule has 0 heterocycles. The third-order valence-corrected chi connectivity index (χ3v) is 3.68. The van der Waals surface area contributed by atoms with Gasteiger partial charge in [-0.1, -0.05) is 36.8 Å². The van der Waals surface area contributed by atoms with Gasteiger partial charge in [-0.2, -0.15) is 0 Å². The van der Waals surface area contributed by atoms with Crippen LogP contribution in [0.4, 0.5) is 0 Å². The monoisotopic (exact) mass is 246 g/mol. The zero-order valence-corrected chi connectivity index (χ0v) is 11.7. The summed E-state index contributed by atoms with van der Waals surface area (Å²) >= 11 is 0. The van der Waals surface area contributed by atoms with E-state index in [1.54, 1.807) is 0 Å². The van der Waals surface area contributed by atoms with Gasteiger partial charge in [0.25, 0.3) is 0 Å². The highest BCUT2D eigenvalue weighted by Gasteiger charge is 2.24. The minimum atomic E-state index is 0.148. The van der Waals surface area contributed by atoms with Gasteiger partial charge in [0.05, 0.1) is 0 Å². The first-order valence-electron chi connectivity index (χ1n) is 7.23. The lowest BCUT2D eigenvalue weighted by molar-refractivity contribution is 0.248. The number of nitrogens with two attached hydrogens (primary N) is 1. The van der Waals surface area contributed by atoms with Gasteiger partial charge < -0.3 is 10.6 Å². The molecule has 2 N–H and O–H groups in total. The lowest BCUT2D eigenvalue weighted by Crippen LogP contribution is -2.34. The summed E-state index contributed by atoms with van der Waals surface area (Å²) in [6, 6.07) is 8.75. The molecule has 1 fully saturated rings. The lowest BCUT2D eigenvalue weighted by Gasteiger charge is -2.25. The van der Waals surface area contributed by atoms with Crippen LogP contribution < -0.4 is 5.73 Å². The van der Waals surface area contributed by atoms with E-state index in [1.165, 1.54) is 43.5 Å². The molecule has 0 amide bonds. The molecule has 2 rings (SSSR count). The van der Waals surface area contributed by atoms with Crippen molar-refractivity contribution in [2.75, 3.05) is 19.6 Å². The summed E-state index contributed by atoms with van der Waals surface area (Å²) in [6.45, 7) is 7.79. The first kappa shape index (κ1) is 13.6. The average molecular weight is 246 g/mol. The van der Waals surface area contributed by atoms with Gasteiger partial charge in [-0.15, -0.1) is 0 Å². The molecule has 1 aromatic rings. The largest absolute Gasteiger partial charge is 0.323 e. The molecule has 0 aromatic heterocycles. The average Bonchev–Trinajstić information content (AvgIpc) is 3.13. The first-order valence-corrected chi connectivity index (χ1v) is 7.23. The minimum absolute atomic E-state index is 0.148. The predicted molar refractivity (Wildman–Crippen MR) is 77.6 cm³/mol. The molecule has 0 aliphatic heterocycles. The van der Waals surface area contributed by atoms with Gasteiger partial charge >= 0.3 is 0 Å². The van der Waals surface area contributed by atoms with Crippen LogP contribution in [-0.4, -0.2) is 24.5 Å². The Kier molecular flexibility index (Phi) is 4.79. The standard InChI is InChI=1S/C16H26N2/c1-3-9-18(11-14-7-8-14)12-16(17)15-6-4-5-13(2)10-15/h4-6,10,14,16H,3,7-9,11-12,17H2,1-2H3. The van der Waals surface area contributed by atoms with E-state index in [1.807, 2.05) is 0 Å². The number of aryl methyl sites for hydroxylation is 1. The lowest BCUT2D eigenvalue weighted by atomic mass is 10.0. The minimum Gasteiger partial charge on any atom is -0.323 e. The van der Waals surface area contributed by atoms with Crippen LogP contribution in [0.25, 0.3) is 0 Å². The van der Waals surface area contributed by atoms with Gasteiger partial charge in [0.1, 0.15) is 0 Å². The molecule has 100 valence electrons. The van der Waals surface area contributed by atoms with Crippen molar-refractivity contribution >= 4 is 0 Å². The Morgan fingerprint density at radius 3 is 2.78 bits per heavy atom. The zero-order valence-electron chi connectivity index (χ0n) is 11.7. The van der Waals surface area contributed by atoms with E-state index in [0.29, 0.717) is 0 Å². The summed E-state index contributed by atoms with van der Waals surface area (Å²) in [7, 11) is 0. The molecule has 1 aliphatic rings. The molecule has 1 unspecified atom stereocenters. The fraction of sp³-hybridized carbons (Fsp3) is 0.625. The second-order valence-electron chi connectivity index (χ2n) is 5.72. The number of nitrogens with zero attached hydrogens (tertiary/aromatic N) is 1. The Labute approximate surface area is 111 Å². The molecule has 0 saturated heterocycles. The molecule has 2 heteroatoms. The summed E-state index contributed by atoms with van der Waals surface area (Å²) in [6.07, 6.45) is 4.05. The van der Waals surface area contributed by atoms with Gasteiger partial charge in [0, 0.05) is 19.1 Å². The van der Waals surface area contributed by atoms with Crippen LogP contribution in [0, 0.1) is 12.8 Å². The maximum absolute atomic E-state index is 6.35. The zero-order chi connectivity index (χ0) is 13.0. The Morgan fingerprint density at radius 2 is 2.17 bits per heavy atom. The summed E-state index contributed by atoms with van der Waals surface area (Å²) in [5.41, 5.74) is 8.92. The SMILES string of the molecule is CCCN(CC1CC1)CC(N)c1cccc(C)c1. The smallest absolute Gasteiger partial charge is 0.0424 e. The van der Waals surface area contributed by atoms with Crippen molar-refractivity contribution in [1.82, 2.24) is 4.90 Å². The van der Waals surface area contributed by atoms with E-state index in [9.17, 15) is 0 Å². The summed E-state index contributed by atoms with van der Waals surface area (Å²) < 4.78 is 0. The Balaban J connectivity index is 1.92. The molecule has 1 saturated carbocycles. The van der Waals surface area contributed by atoms with Crippen LogP contribution in [0.15, 0.2) is 24.3 Å². The molecule has 0 spiro atoms. The number of hydrogen-bond acceptors (Lipinski definition) is 2. The molecule has 2 nitrogen and oxygen atoms in total. The molecule has 0 bridgehead atoms. The second-order valence-corrected chi connectivity index (χ2v) is 5.72. The van der Waals surface area contributed by atoms with Gasteiger partial charge in [0.2, 0.25) is 0 Å². The topological polar surface area (TPSA) is 29.3 Å². The molecule has 1 aromatic carbocycles. The van der Waals surface area contributed by atoms with Crippen LogP contribution in [0.1, 0.15) is 43.4 Å². The summed E-state index contributed by atoms with van der Waals surface area (Å²) in [5, 5.41) is 0. The predicted octanol–water partition coefficient (Wildman–Crippen LogP) is 3.12. The van der Waals surface area contributed by atoms with Crippen LogP contribution in [0.3, 0.4) is 0 Å². The number of hydrogen-bond donors (Lipinski definition) is 1. The third-order valence-electron chi connectivity index (χ3n) is 3.68. The van der Waals surface area contributed by atoms with Crippen LogP contribution in [-0.2, 0) is 0 Å². The van der Waals surface area contributed by atoms with E-state index >= 15 is 0 Å². The quantitative estimate of drug-likeness (QED) is 0.801. The van der Waals surface area contributed by atoms with Crippen LogP contribution in [0.2, 0.25) is 0 Å². The van der Waals surface area contributed by atoms with E-state index in [2.05, 4.69) is 43.0 Å². The van der Waals surface area contributed by atoms with E-state index in [-0.39, 0.29) is 6.04 Å². The number of benzene rings is 1. The van der Waals surface area contributed by atoms with Gasteiger partial charge in [-0.3, -0.25) is 0 Å². The highest BCUT2D eigenvalue weighted by atomic mass is 15.1. The van der Waals surface area contributed by atoms with Crippen molar-refractivity contribution in [3.8, 4) is 0 Å². The molecule has 0 radical (unpaired) electrons. The first-order chi connectivity index (χ1) is 8.69. The Hall–Kier alpha value is -0.860. The highest BCUT2D eigenvalue weighted by Crippen LogP contribution is 2.30. The molecule has 1 atom stereocenters. The molecule has 18 heavy (non-hydrogen) atoms. The Bertz CT molecular complexity index is 371. The Morgan fingerprint density at radius 1 is 1.39 bits per heavy atom. The third kappa shape index (κ3) is 4.11. The normalized spacial score (nSPS) is 17.1. The maximum atomic E-state index is 6.35. The highest BCUT2D eigenvalue weighted by molar-refractivity contribution is 5.25. The van der Waals surface area contributed by atoms with Crippen LogP contribution in [0.5, 0.6) is 0 Å². The molecular formula is C16H26N2. The number of rotatable bonds is 7. The molecular weight excluding hydrogens is 220 g/mol. The van der Waals surface area contributed by atoms with Gasteiger partial charge in [-0.25, -0.2) is 0 Å². The van der Waals surface area contributed by atoms with E-state index < -0.39 is 0 Å². The molecule has 1 aliphatic carbocycles. The fourth-order valence-electron chi connectivity index (χ4n) is 2.52. The van der Waals surface area contributed by atoms with Gasteiger partial charge in [-0.05, 0) is 44.2 Å². The van der Waals surface area contributed by atoms with Crippen LogP contribution >= 0.6 is 0 Å².